The van der Waals surface area contributed by atoms with E-state index in [2.05, 4.69) is 0 Å². The highest BCUT2D eigenvalue weighted by molar-refractivity contribution is 6.00. The Morgan fingerprint density at radius 1 is 1.29 bits per heavy atom. The fourth-order valence-electron chi connectivity index (χ4n) is 2.31. The van der Waals surface area contributed by atoms with Gasteiger partial charge in [-0.05, 0) is 35.8 Å². The molecular weight excluding hydrogens is 220 g/mol. The number of ether oxygens (including phenoxy) is 3. The topological polar surface area (TPSA) is 44.8 Å². The number of rotatable bonds is 1. The van der Waals surface area contributed by atoms with Crippen molar-refractivity contribution >= 4 is 11.5 Å². The fraction of sp³-hybridized carbons (Fsp3) is 0.308. The third-order valence-electron chi connectivity index (χ3n) is 3.25. The maximum absolute atomic E-state index is 11.6. The summed E-state index contributed by atoms with van der Waals surface area (Å²) in [4.78, 5) is 11.6. The number of hydrogen-bond donors (Lipinski definition) is 0. The second-order valence-corrected chi connectivity index (χ2v) is 4.13. The van der Waals surface area contributed by atoms with Gasteiger partial charge in [-0.2, -0.15) is 0 Å². The quantitative estimate of drug-likeness (QED) is 0.694. The first-order valence-electron chi connectivity index (χ1n) is 5.41. The molecule has 0 saturated carbocycles. The van der Waals surface area contributed by atoms with E-state index in [0.717, 1.165) is 28.2 Å². The molecule has 0 fully saturated rings. The number of carbonyl (C=O) groups is 1. The zero-order valence-electron chi connectivity index (χ0n) is 9.70. The van der Waals surface area contributed by atoms with Crippen LogP contribution in [0, 0.1) is 0 Å². The Morgan fingerprint density at radius 2 is 2.00 bits per heavy atom. The van der Waals surface area contributed by atoms with Gasteiger partial charge in [0.2, 0.25) is 6.79 Å². The predicted molar refractivity (Wildman–Crippen MR) is 60.9 cm³/mol. The van der Waals surface area contributed by atoms with E-state index in [1.165, 1.54) is 7.11 Å². The maximum atomic E-state index is 11.6. The van der Waals surface area contributed by atoms with Gasteiger partial charge in [0, 0.05) is 12.0 Å². The maximum Gasteiger partial charge on any atom is 0.334 e. The van der Waals surface area contributed by atoms with Gasteiger partial charge in [-0.3, -0.25) is 0 Å². The van der Waals surface area contributed by atoms with Crippen molar-refractivity contribution in [3.8, 4) is 11.5 Å². The van der Waals surface area contributed by atoms with E-state index < -0.39 is 0 Å². The van der Waals surface area contributed by atoms with E-state index >= 15 is 0 Å². The summed E-state index contributed by atoms with van der Waals surface area (Å²) in [5.41, 5.74) is 3.82. The molecule has 0 N–H and O–H groups in total. The van der Waals surface area contributed by atoms with Gasteiger partial charge in [0.05, 0.1) is 7.11 Å². The van der Waals surface area contributed by atoms with E-state index in [-0.39, 0.29) is 12.8 Å². The Morgan fingerprint density at radius 3 is 2.71 bits per heavy atom. The molecule has 0 radical (unpaired) electrons. The summed E-state index contributed by atoms with van der Waals surface area (Å²) in [6.45, 7) is 2.20. The molecule has 4 nitrogen and oxygen atoms in total. The van der Waals surface area contributed by atoms with Gasteiger partial charge in [0.1, 0.15) is 0 Å². The highest BCUT2D eigenvalue weighted by Gasteiger charge is 2.27. The zero-order valence-corrected chi connectivity index (χ0v) is 9.70. The highest BCUT2D eigenvalue weighted by Crippen LogP contribution is 2.42. The number of hydrogen-bond acceptors (Lipinski definition) is 4. The second-order valence-electron chi connectivity index (χ2n) is 4.13. The predicted octanol–water partition coefficient (Wildman–Crippen LogP) is 1.92. The molecule has 0 bridgehead atoms. The molecular formula is C13H12O4. The largest absolute Gasteiger partial charge is 0.466 e. The van der Waals surface area contributed by atoms with Crippen LogP contribution in [0.1, 0.15) is 18.1 Å². The molecule has 1 aromatic rings. The van der Waals surface area contributed by atoms with Gasteiger partial charge in [-0.1, -0.05) is 0 Å². The molecule has 0 spiro atoms. The summed E-state index contributed by atoms with van der Waals surface area (Å²) < 4.78 is 15.4. The molecule has 1 heterocycles. The van der Waals surface area contributed by atoms with Crippen molar-refractivity contribution in [2.45, 2.75) is 13.3 Å². The molecule has 88 valence electrons. The molecule has 2 aliphatic rings. The first-order chi connectivity index (χ1) is 8.20. The Bertz CT molecular complexity index is 543. The van der Waals surface area contributed by atoms with Gasteiger partial charge in [0.15, 0.2) is 11.5 Å². The van der Waals surface area contributed by atoms with Crippen molar-refractivity contribution in [2.75, 3.05) is 13.9 Å². The van der Waals surface area contributed by atoms with Crippen LogP contribution >= 0.6 is 0 Å². The van der Waals surface area contributed by atoms with Crippen LogP contribution in [-0.4, -0.2) is 19.9 Å². The number of methoxy groups -OCH3 is 1. The molecule has 1 aliphatic heterocycles. The lowest BCUT2D eigenvalue weighted by Crippen LogP contribution is -2.05. The van der Waals surface area contributed by atoms with Crippen LogP contribution in [0.4, 0.5) is 0 Å². The van der Waals surface area contributed by atoms with Crippen molar-refractivity contribution < 1.29 is 19.0 Å². The Hall–Kier alpha value is -1.97. The monoisotopic (exact) mass is 232 g/mol. The van der Waals surface area contributed by atoms with E-state index in [0.29, 0.717) is 12.0 Å². The van der Waals surface area contributed by atoms with Crippen molar-refractivity contribution in [1.29, 1.82) is 0 Å². The lowest BCUT2D eigenvalue weighted by Gasteiger charge is -2.02. The minimum Gasteiger partial charge on any atom is -0.466 e. The molecule has 1 aliphatic carbocycles. The molecule has 1 aromatic carbocycles. The zero-order chi connectivity index (χ0) is 12.0. The van der Waals surface area contributed by atoms with Gasteiger partial charge < -0.3 is 14.2 Å². The van der Waals surface area contributed by atoms with Crippen LogP contribution in [0.5, 0.6) is 11.5 Å². The minimum absolute atomic E-state index is 0.263. The SMILES string of the molecule is COC(=O)C1=C(C)c2cc3c(cc2C1)OCO3. The standard InChI is InChI=1S/C13H12O4/c1-7-9-5-12-11(16-6-17-12)4-8(9)3-10(7)13(14)15-2/h4-5H,3,6H2,1-2H3. The number of fused-ring (bicyclic) bond motifs is 2. The summed E-state index contributed by atoms with van der Waals surface area (Å²) in [5, 5.41) is 0. The van der Waals surface area contributed by atoms with Crippen molar-refractivity contribution in [3.63, 3.8) is 0 Å². The molecule has 0 atom stereocenters. The minimum atomic E-state index is -0.263. The van der Waals surface area contributed by atoms with Gasteiger partial charge in [-0.15, -0.1) is 0 Å². The Labute approximate surface area is 98.8 Å². The summed E-state index contributed by atoms with van der Waals surface area (Å²) in [7, 11) is 1.40. The number of allylic oxidation sites excluding steroid dienone is 1. The van der Waals surface area contributed by atoms with Gasteiger partial charge in [0.25, 0.3) is 0 Å². The summed E-state index contributed by atoms with van der Waals surface area (Å²) >= 11 is 0. The summed E-state index contributed by atoms with van der Waals surface area (Å²) in [5.74, 6) is 1.23. The second kappa shape index (κ2) is 3.52. The molecule has 0 amide bonds. The molecule has 4 heteroatoms. The van der Waals surface area contributed by atoms with Crippen LogP contribution in [0.15, 0.2) is 17.7 Å². The van der Waals surface area contributed by atoms with E-state index in [9.17, 15) is 4.79 Å². The first kappa shape index (κ1) is 10.2. The fourth-order valence-corrected chi connectivity index (χ4v) is 2.31. The highest BCUT2D eigenvalue weighted by atomic mass is 16.7. The Balaban J connectivity index is 2.07. The van der Waals surface area contributed by atoms with Crippen LogP contribution in [0.3, 0.4) is 0 Å². The van der Waals surface area contributed by atoms with Gasteiger partial charge in [-0.25, -0.2) is 4.79 Å². The van der Waals surface area contributed by atoms with Crippen molar-refractivity contribution in [3.05, 3.63) is 28.8 Å². The number of carbonyl (C=O) groups excluding carboxylic acids is 1. The summed E-state index contributed by atoms with van der Waals surface area (Å²) in [6, 6.07) is 3.88. The average molecular weight is 232 g/mol. The molecule has 0 aromatic heterocycles. The van der Waals surface area contributed by atoms with Crippen molar-refractivity contribution in [2.24, 2.45) is 0 Å². The van der Waals surface area contributed by atoms with E-state index in [1.807, 2.05) is 19.1 Å². The summed E-state index contributed by atoms with van der Waals surface area (Å²) in [6.07, 6.45) is 0.602. The third-order valence-corrected chi connectivity index (χ3v) is 3.25. The average Bonchev–Trinajstić information content (AvgIpc) is 2.91. The van der Waals surface area contributed by atoms with Crippen molar-refractivity contribution in [1.82, 2.24) is 0 Å². The third kappa shape index (κ3) is 1.40. The Kier molecular flexibility index (Phi) is 2.11. The van der Waals surface area contributed by atoms with Crippen LogP contribution in [0.25, 0.3) is 5.57 Å². The van der Waals surface area contributed by atoms with Crippen LogP contribution in [-0.2, 0) is 16.0 Å². The van der Waals surface area contributed by atoms with Crippen LogP contribution in [0.2, 0.25) is 0 Å². The van der Waals surface area contributed by atoms with E-state index in [1.54, 1.807) is 0 Å². The smallest absolute Gasteiger partial charge is 0.334 e. The van der Waals surface area contributed by atoms with E-state index in [4.69, 9.17) is 14.2 Å². The first-order valence-corrected chi connectivity index (χ1v) is 5.41. The molecule has 17 heavy (non-hydrogen) atoms. The molecule has 0 saturated heterocycles. The normalized spacial score (nSPS) is 16.1. The number of benzene rings is 1. The molecule has 0 unspecified atom stereocenters. The lowest BCUT2D eigenvalue weighted by atomic mass is 10.1. The van der Waals surface area contributed by atoms with Gasteiger partial charge >= 0.3 is 5.97 Å². The molecule has 3 rings (SSSR count). The number of esters is 1. The lowest BCUT2D eigenvalue weighted by molar-refractivity contribution is -0.136. The van der Waals surface area contributed by atoms with Crippen LogP contribution < -0.4 is 9.47 Å².